The molecule has 1 aliphatic heterocycles. The minimum atomic E-state index is 0.128. The number of nitrogens with one attached hydrogen (secondary N) is 1. The Labute approximate surface area is 123 Å². The van der Waals surface area contributed by atoms with Crippen LogP contribution >= 0.6 is 23.4 Å². The summed E-state index contributed by atoms with van der Waals surface area (Å²) in [5, 5.41) is 0.860. The van der Waals surface area contributed by atoms with Gasteiger partial charge in [0, 0.05) is 18.0 Å². The zero-order valence-electron chi connectivity index (χ0n) is 11.4. The Kier molecular flexibility index (Phi) is 5.13. The fraction of sp³-hybridized carbons (Fsp3) is 0.500. The topological polar surface area (TPSA) is 24.8 Å². The smallest absolute Gasteiger partial charge is 0.233 e. The zero-order valence-corrected chi connectivity index (χ0v) is 12.9. The summed E-state index contributed by atoms with van der Waals surface area (Å²) in [6.07, 6.45) is 1.03. The summed E-state index contributed by atoms with van der Waals surface area (Å²) < 4.78 is 0. The van der Waals surface area contributed by atoms with Crippen molar-refractivity contribution in [2.75, 3.05) is 32.9 Å². The van der Waals surface area contributed by atoms with Gasteiger partial charge in [-0.25, -0.2) is 0 Å². The van der Waals surface area contributed by atoms with Gasteiger partial charge in [-0.2, -0.15) is 0 Å². The lowest BCUT2D eigenvalue weighted by molar-refractivity contribution is -0.858. The Bertz CT molecular complexity index is 453. The van der Waals surface area contributed by atoms with Gasteiger partial charge >= 0.3 is 0 Å². The summed E-state index contributed by atoms with van der Waals surface area (Å²) in [5.41, 5.74) is 1.13. The highest BCUT2D eigenvalue weighted by Gasteiger charge is 2.32. The van der Waals surface area contributed by atoms with Crippen LogP contribution < -0.4 is 4.90 Å². The molecule has 1 aromatic rings. The first-order chi connectivity index (χ1) is 9.08. The molecule has 104 valence electrons. The molecule has 1 atom stereocenters. The maximum absolute atomic E-state index is 12.0. The van der Waals surface area contributed by atoms with Gasteiger partial charge in [-0.3, -0.25) is 4.79 Å². The Morgan fingerprint density at radius 3 is 2.95 bits per heavy atom. The molecule has 1 amide bonds. The van der Waals surface area contributed by atoms with Gasteiger partial charge in [0.25, 0.3) is 0 Å². The molecule has 1 N–H and O–H groups in total. The molecule has 1 aliphatic rings. The van der Waals surface area contributed by atoms with Crippen molar-refractivity contribution in [1.82, 2.24) is 4.90 Å². The number of thioether (sulfide) groups is 1. The maximum Gasteiger partial charge on any atom is 0.233 e. The average Bonchev–Trinajstić information content (AvgIpc) is 2.71. The largest absolute Gasteiger partial charge is 0.340 e. The molecule has 1 saturated heterocycles. The number of amides is 1. The number of halogens is 1. The Morgan fingerprint density at radius 1 is 1.47 bits per heavy atom. The minimum absolute atomic E-state index is 0.128. The summed E-state index contributed by atoms with van der Waals surface area (Å²) in [6, 6.07) is 7.82. The van der Waals surface area contributed by atoms with Crippen LogP contribution in [0.25, 0.3) is 0 Å². The number of carbonyl (C=O) groups excluding carboxylic acids is 1. The molecule has 0 unspecified atom stereocenters. The third kappa shape index (κ3) is 3.88. The number of nitrogens with zero attached hydrogens (tertiary/aromatic N) is 1. The van der Waals surface area contributed by atoms with Gasteiger partial charge in [-0.05, 0) is 17.7 Å². The standard InChI is InChI=1S/C14H19ClN2OS/c1-16(2)7-4-8-17-13(18)10-19-14(17)11-5-3-6-12(15)9-11/h3,5-6,9,14H,4,7-8,10H2,1-2H3/p+1/t14-/m0/s1. The molecule has 0 aliphatic carbocycles. The molecule has 0 saturated carbocycles. The highest BCUT2D eigenvalue weighted by Crippen LogP contribution is 2.39. The molecule has 1 aromatic carbocycles. The highest BCUT2D eigenvalue weighted by molar-refractivity contribution is 8.00. The SMILES string of the molecule is C[NH+](C)CCCN1C(=O)CS[C@H]1c1cccc(Cl)c1. The summed E-state index contributed by atoms with van der Waals surface area (Å²) in [6.45, 7) is 1.91. The van der Waals surface area contributed by atoms with Gasteiger partial charge in [0.1, 0.15) is 5.37 Å². The molecule has 0 spiro atoms. The summed E-state index contributed by atoms with van der Waals surface area (Å²) >= 11 is 7.73. The third-order valence-electron chi connectivity index (χ3n) is 3.18. The third-order valence-corrected chi connectivity index (χ3v) is 4.67. The van der Waals surface area contributed by atoms with Crippen molar-refractivity contribution >= 4 is 29.3 Å². The number of carbonyl (C=O) groups is 1. The second-order valence-electron chi connectivity index (χ2n) is 5.12. The lowest BCUT2D eigenvalue weighted by Crippen LogP contribution is -3.05. The van der Waals surface area contributed by atoms with Crippen molar-refractivity contribution in [3.05, 3.63) is 34.9 Å². The summed E-state index contributed by atoms with van der Waals surface area (Å²) in [7, 11) is 4.27. The van der Waals surface area contributed by atoms with Gasteiger partial charge in [0.15, 0.2) is 0 Å². The van der Waals surface area contributed by atoms with E-state index in [-0.39, 0.29) is 11.3 Å². The van der Waals surface area contributed by atoms with Gasteiger partial charge < -0.3 is 9.80 Å². The van der Waals surface area contributed by atoms with E-state index in [1.807, 2.05) is 29.2 Å². The molecule has 5 heteroatoms. The van der Waals surface area contributed by atoms with Crippen LogP contribution in [0.2, 0.25) is 5.02 Å². The van der Waals surface area contributed by atoms with Crippen molar-refractivity contribution in [2.45, 2.75) is 11.8 Å². The predicted octanol–water partition coefficient (Wildman–Crippen LogP) is 1.45. The molecular formula is C14H20ClN2OS+. The number of benzene rings is 1. The van der Waals surface area contributed by atoms with E-state index in [0.717, 1.165) is 30.1 Å². The molecule has 0 bridgehead atoms. The maximum atomic E-state index is 12.0. The van der Waals surface area contributed by atoms with E-state index in [9.17, 15) is 4.79 Å². The predicted molar refractivity (Wildman–Crippen MR) is 80.7 cm³/mol. The lowest BCUT2D eigenvalue weighted by atomic mass is 10.2. The number of rotatable bonds is 5. The molecule has 0 radical (unpaired) electrons. The summed E-state index contributed by atoms with van der Waals surface area (Å²) in [5.74, 6) is 0.815. The van der Waals surface area contributed by atoms with Gasteiger partial charge in [0.2, 0.25) is 5.91 Å². The monoisotopic (exact) mass is 299 g/mol. The first-order valence-electron chi connectivity index (χ1n) is 6.53. The first-order valence-corrected chi connectivity index (χ1v) is 7.96. The van der Waals surface area contributed by atoms with E-state index < -0.39 is 0 Å². The normalized spacial score (nSPS) is 19.5. The second kappa shape index (κ2) is 6.64. The number of quaternary nitrogens is 1. The van der Waals surface area contributed by atoms with Crippen LogP contribution in [-0.4, -0.2) is 43.7 Å². The van der Waals surface area contributed by atoms with E-state index in [2.05, 4.69) is 14.1 Å². The molecule has 1 fully saturated rings. The van der Waals surface area contributed by atoms with Crippen LogP contribution in [0.15, 0.2) is 24.3 Å². The van der Waals surface area contributed by atoms with Crippen molar-refractivity contribution in [3.63, 3.8) is 0 Å². The van der Waals surface area contributed by atoms with Crippen LogP contribution in [0.3, 0.4) is 0 Å². The lowest BCUT2D eigenvalue weighted by Gasteiger charge is -2.24. The van der Waals surface area contributed by atoms with E-state index in [1.165, 1.54) is 4.90 Å². The van der Waals surface area contributed by atoms with Crippen LogP contribution in [0.4, 0.5) is 0 Å². The Hall–Kier alpha value is -0.710. The van der Waals surface area contributed by atoms with E-state index >= 15 is 0 Å². The Morgan fingerprint density at radius 2 is 2.26 bits per heavy atom. The Balaban J connectivity index is 2.04. The number of hydrogen-bond acceptors (Lipinski definition) is 2. The molecule has 1 heterocycles. The minimum Gasteiger partial charge on any atom is -0.340 e. The van der Waals surface area contributed by atoms with Crippen LogP contribution in [0.1, 0.15) is 17.4 Å². The second-order valence-corrected chi connectivity index (χ2v) is 6.62. The number of hydrogen-bond donors (Lipinski definition) is 1. The molecule has 2 rings (SSSR count). The van der Waals surface area contributed by atoms with E-state index in [0.29, 0.717) is 5.75 Å². The van der Waals surface area contributed by atoms with Gasteiger partial charge in [-0.15, -0.1) is 11.8 Å². The van der Waals surface area contributed by atoms with E-state index in [4.69, 9.17) is 11.6 Å². The van der Waals surface area contributed by atoms with Crippen LogP contribution in [-0.2, 0) is 4.79 Å². The van der Waals surface area contributed by atoms with Crippen LogP contribution in [0, 0.1) is 0 Å². The van der Waals surface area contributed by atoms with E-state index in [1.54, 1.807) is 11.8 Å². The van der Waals surface area contributed by atoms with Crippen LogP contribution in [0.5, 0.6) is 0 Å². The highest BCUT2D eigenvalue weighted by atomic mass is 35.5. The van der Waals surface area contributed by atoms with Crippen molar-refractivity contribution < 1.29 is 9.69 Å². The molecular weight excluding hydrogens is 280 g/mol. The van der Waals surface area contributed by atoms with Gasteiger partial charge in [0.05, 0.1) is 26.4 Å². The summed E-state index contributed by atoms with van der Waals surface area (Å²) in [4.78, 5) is 15.4. The molecule has 3 nitrogen and oxygen atoms in total. The average molecular weight is 300 g/mol. The van der Waals surface area contributed by atoms with Crippen molar-refractivity contribution in [3.8, 4) is 0 Å². The molecule has 19 heavy (non-hydrogen) atoms. The zero-order chi connectivity index (χ0) is 13.8. The molecule has 0 aromatic heterocycles. The fourth-order valence-corrected chi connectivity index (χ4v) is 3.64. The van der Waals surface area contributed by atoms with Crippen molar-refractivity contribution in [1.29, 1.82) is 0 Å². The van der Waals surface area contributed by atoms with Crippen molar-refractivity contribution in [2.24, 2.45) is 0 Å². The first kappa shape index (κ1) is 14.7. The van der Waals surface area contributed by atoms with Gasteiger partial charge in [-0.1, -0.05) is 23.7 Å². The quantitative estimate of drug-likeness (QED) is 0.890. The fourth-order valence-electron chi connectivity index (χ4n) is 2.24.